The molecule has 140 valence electrons. The standard InChI is InChI=1S/C21H26N6/c1-3-7-17-8-4-5-9-19(17)27-16(2)24-25-20(27)18-10-14-26(15-11-18)21-22-12-6-13-23-21/h4-6,8-9,12-13,18H,3,7,10-11,14-15H2,1-2H3. The van der Waals surface area contributed by atoms with Gasteiger partial charge in [0.05, 0.1) is 5.69 Å². The van der Waals surface area contributed by atoms with Crippen molar-refractivity contribution in [3.05, 3.63) is 59.9 Å². The Labute approximate surface area is 160 Å². The Morgan fingerprint density at radius 1 is 1.00 bits per heavy atom. The van der Waals surface area contributed by atoms with E-state index in [0.29, 0.717) is 5.92 Å². The third-order valence-corrected chi connectivity index (χ3v) is 5.30. The highest BCUT2D eigenvalue weighted by atomic mass is 15.3. The van der Waals surface area contributed by atoms with Crippen LogP contribution in [0.2, 0.25) is 0 Å². The van der Waals surface area contributed by atoms with E-state index in [0.717, 1.165) is 56.4 Å². The number of nitrogens with zero attached hydrogens (tertiary/aromatic N) is 6. The summed E-state index contributed by atoms with van der Waals surface area (Å²) >= 11 is 0. The second kappa shape index (κ2) is 7.86. The van der Waals surface area contributed by atoms with Gasteiger partial charge in [-0.2, -0.15) is 0 Å². The zero-order valence-corrected chi connectivity index (χ0v) is 16.0. The number of hydrogen-bond acceptors (Lipinski definition) is 5. The Morgan fingerprint density at radius 2 is 1.74 bits per heavy atom. The highest BCUT2D eigenvalue weighted by Gasteiger charge is 2.27. The predicted octanol–water partition coefficient (Wildman–Crippen LogP) is 3.70. The van der Waals surface area contributed by atoms with E-state index >= 15 is 0 Å². The van der Waals surface area contributed by atoms with E-state index in [1.807, 2.05) is 13.0 Å². The number of benzene rings is 1. The van der Waals surface area contributed by atoms with Crippen molar-refractivity contribution in [1.29, 1.82) is 0 Å². The highest BCUT2D eigenvalue weighted by molar-refractivity contribution is 5.43. The second-order valence-electron chi connectivity index (χ2n) is 7.13. The summed E-state index contributed by atoms with van der Waals surface area (Å²) in [6.07, 6.45) is 7.87. The van der Waals surface area contributed by atoms with Crippen molar-refractivity contribution in [1.82, 2.24) is 24.7 Å². The zero-order valence-electron chi connectivity index (χ0n) is 16.0. The lowest BCUT2D eigenvalue weighted by molar-refractivity contribution is 0.474. The molecule has 0 N–H and O–H groups in total. The molecule has 6 heteroatoms. The Bertz CT molecular complexity index is 881. The number of piperidine rings is 1. The topological polar surface area (TPSA) is 59.7 Å². The van der Waals surface area contributed by atoms with Crippen molar-refractivity contribution >= 4 is 5.95 Å². The van der Waals surface area contributed by atoms with Gasteiger partial charge in [0, 0.05) is 31.4 Å². The molecule has 1 aromatic carbocycles. The van der Waals surface area contributed by atoms with Crippen LogP contribution in [0.15, 0.2) is 42.7 Å². The smallest absolute Gasteiger partial charge is 0.225 e. The molecule has 3 aromatic rings. The minimum atomic E-state index is 0.404. The van der Waals surface area contributed by atoms with Crippen molar-refractivity contribution in [3.8, 4) is 5.69 Å². The monoisotopic (exact) mass is 362 g/mol. The predicted molar refractivity (Wildman–Crippen MR) is 106 cm³/mol. The largest absolute Gasteiger partial charge is 0.341 e. The van der Waals surface area contributed by atoms with Crippen LogP contribution in [0.1, 0.15) is 49.3 Å². The summed E-state index contributed by atoms with van der Waals surface area (Å²) in [6, 6.07) is 10.5. The average molecular weight is 362 g/mol. The van der Waals surface area contributed by atoms with Crippen LogP contribution in [0.25, 0.3) is 5.69 Å². The van der Waals surface area contributed by atoms with Crippen molar-refractivity contribution in [2.45, 2.75) is 45.4 Å². The maximum atomic E-state index is 4.58. The molecule has 1 saturated heterocycles. The maximum absolute atomic E-state index is 4.58. The van der Waals surface area contributed by atoms with Gasteiger partial charge in [-0.3, -0.25) is 4.57 Å². The van der Waals surface area contributed by atoms with E-state index in [9.17, 15) is 0 Å². The van der Waals surface area contributed by atoms with Gasteiger partial charge in [0.2, 0.25) is 5.95 Å². The summed E-state index contributed by atoms with van der Waals surface area (Å²) in [5.74, 6) is 3.27. The Balaban J connectivity index is 1.58. The van der Waals surface area contributed by atoms with Gasteiger partial charge in [0.1, 0.15) is 11.6 Å². The summed E-state index contributed by atoms with van der Waals surface area (Å²) in [5.41, 5.74) is 2.59. The molecule has 0 aliphatic carbocycles. The summed E-state index contributed by atoms with van der Waals surface area (Å²) in [5, 5.41) is 9.00. The van der Waals surface area contributed by atoms with Gasteiger partial charge in [-0.1, -0.05) is 31.5 Å². The molecule has 2 aromatic heterocycles. The maximum Gasteiger partial charge on any atom is 0.225 e. The Hall–Kier alpha value is -2.76. The number of hydrogen-bond donors (Lipinski definition) is 0. The molecule has 0 amide bonds. The van der Waals surface area contributed by atoms with E-state index in [4.69, 9.17) is 0 Å². The minimum Gasteiger partial charge on any atom is -0.341 e. The van der Waals surface area contributed by atoms with Crippen LogP contribution in [0, 0.1) is 6.92 Å². The fraction of sp³-hybridized carbons (Fsp3) is 0.429. The molecule has 0 spiro atoms. The molecular formula is C21H26N6. The lowest BCUT2D eigenvalue weighted by Gasteiger charge is -2.31. The quantitative estimate of drug-likeness (QED) is 0.692. The van der Waals surface area contributed by atoms with Crippen LogP contribution in [-0.2, 0) is 6.42 Å². The molecule has 0 atom stereocenters. The van der Waals surface area contributed by atoms with Crippen molar-refractivity contribution < 1.29 is 0 Å². The van der Waals surface area contributed by atoms with Gasteiger partial charge in [0.25, 0.3) is 0 Å². The third-order valence-electron chi connectivity index (χ3n) is 5.30. The number of para-hydroxylation sites is 1. The summed E-state index contributed by atoms with van der Waals surface area (Å²) in [6.45, 7) is 6.15. The first-order chi connectivity index (χ1) is 13.3. The zero-order chi connectivity index (χ0) is 18.6. The van der Waals surface area contributed by atoms with Gasteiger partial charge in [0.15, 0.2) is 0 Å². The van der Waals surface area contributed by atoms with Crippen molar-refractivity contribution in [3.63, 3.8) is 0 Å². The minimum absolute atomic E-state index is 0.404. The molecule has 1 fully saturated rings. The van der Waals surface area contributed by atoms with E-state index in [2.05, 4.69) is 60.8 Å². The van der Waals surface area contributed by atoms with Crippen LogP contribution in [0.5, 0.6) is 0 Å². The van der Waals surface area contributed by atoms with E-state index in [-0.39, 0.29) is 0 Å². The van der Waals surface area contributed by atoms with Crippen LogP contribution in [0.4, 0.5) is 5.95 Å². The summed E-state index contributed by atoms with van der Waals surface area (Å²) in [7, 11) is 0. The molecule has 0 bridgehead atoms. The molecule has 1 aliphatic rings. The molecule has 4 rings (SSSR count). The number of rotatable bonds is 5. The first-order valence-electron chi connectivity index (χ1n) is 9.80. The summed E-state index contributed by atoms with van der Waals surface area (Å²) in [4.78, 5) is 11.0. The van der Waals surface area contributed by atoms with Gasteiger partial charge < -0.3 is 4.90 Å². The summed E-state index contributed by atoms with van der Waals surface area (Å²) < 4.78 is 2.27. The van der Waals surface area contributed by atoms with Crippen molar-refractivity contribution in [2.24, 2.45) is 0 Å². The lowest BCUT2D eigenvalue weighted by Crippen LogP contribution is -2.34. The first-order valence-corrected chi connectivity index (χ1v) is 9.80. The average Bonchev–Trinajstić information content (AvgIpc) is 3.11. The number of anilines is 1. The third kappa shape index (κ3) is 3.56. The van der Waals surface area contributed by atoms with E-state index in [1.54, 1.807) is 12.4 Å². The molecule has 0 radical (unpaired) electrons. The SMILES string of the molecule is CCCc1ccccc1-n1c(C)nnc1C1CCN(c2ncccn2)CC1. The number of aromatic nitrogens is 5. The Kier molecular flexibility index (Phi) is 5.14. The van der Waals surface area contributed by atoms with E-state index < -0.39 is 0 Å². The Morgan fingerprint density at radius 3 is 2.48 bits per heavy atom. The highest BCUT2D eigenvalue weighted by Crippen LogP contribution is 2.31. The fourth-order valence-electron chi connectivity index (χ4n) is 3.94. The molecule has 1 aliphatic heterocycles. The molecule has 0 saturated carbocycles. The number of aryl methyl sites for hydroxylation is 2. The van der Waals surface area contributed by atoms with Gasteiger partial charge in [-0.25, -0.2) is 9.97 Å². The van der Waals surface area contributed by atoms with E-state index in [1.165, 1.54) is 11.3 Å². The normalized spacial score (nSPS) is 15.3. The lowest BCUT2D eigenvalue weighted by atomic mass is 9.95. The van der Waals surface area contributed by atoms with Crippen LogP contribution in [-0.4, -0.2) is 37.8 Å². The molecular weight excluding hydrogens is 336 g/mol. The second-order valence-corrected chi connectivity index (χ2v) is 7.13. The van der Waals surface area contributed by atoms with Crippen LogP contribution in [0.3, 0.4) is 0 Å². The first kappa shape index (κ1) is 17.6. The van der Waals surface area contributed by atoms with Gasteiger partial charge >= 0.3 is 0 Å². The van der Waals surface area contributed by atoms with Gasteiger partial charge in [-0.15, -0.1) is 10.2 Å². The molecule has 27 heavy (non-hydrogen) atoms. The molecule has 3 heterocycles. The van der Waals surface area contributed by atoms with Crippen LogP contribution >= 0.6 is 0 Å². The van der Waals surface area contributed by atoms with Crippen molar-refractivity contribution in [2.75, 3.05) is 18.0 Å². The van der Waals surface area contributed by atoms with Crippen LogP contribution < -0.4 is 4.90 Å². The fourth-order valence-corrected chi connectivity index (χ4v) is 3.94. The van der Waals surface area contributed by atoms with Gasteiger partial charge in [-0.05, 0) is 43.9 Å². The molecule has 6 nitrogen and oxygen atoms in total. The molecule has 0 unspecified atom stereocenters.